The molecule has 3 rings (SSSR count). The third-order valence-corrected chi connectivity index (χ3v) is 5.51. The molecule has 1 aromatic heterocycles. The molecule has 0 spiro atoms. The Hall–Kier alpha value is -0.770. The van der Waals surface area contributed by atoms with Crippen LogP contribution in [0.25, 0.3) is 0 Å². The lowest BCUT2D eigenvalue weighted by molar-refractivity contribution is 0.220. The summed E-state index contributed by atoms with van der Waals surface area (Å²) in [5, 5.41) is 3.26. The fraction of sp³-hybridized carbons (Fsp3) is 0.733. The second kappa shape index (κ2) is 4.97. The molecule has 1 aliphatic heterocycles. The van der Waals surface area contributed by atoms with Crippen LogP contribution in [0.1, 0.15) is 62.5 Å². The fourth-order valence-corrected chi connectivity index (χ4v) is 4.16. The van der Waals surface area contributed by atoms with Gasteiger partial charge in [0.05, 0.1) is 5.69 Å². The topological polar surface area (TPSA) is 37.8 Å². The molecule has 0 radical (unpaired) electrons. The molecule has 1 saturated carbocycles. The Morgan fingerprint density at radius 2 is 1.89 bits per heavy atom. The van der Waals surface area contributed by atoms with E-state index in [-0.39, 0.29) is 0 Å². The molecule has 1 N–H and O–H groups in total. The maximum atomic E-state index is 4.86. The lowest BCUT2D eigenvalue weighted by Gasteiger charge is -2.33. The first kappa shape index (κ1) is 13.2. The van der Waals surface area contributed by atoms with Crippen molar-refractivity contribution < 1.29 is 0 Å². The molecule has 0 unspecified atom stereocenters. The largest absolute Gasteiger partial charge is 0.373 e. The highest BCUT2D eigenvalue weighted by atomic mass is 32.2. The summed E-state index contributed by atoms with van der Waals surface area (Å²) in [5.41, 5.74) is 3.10. The van der Waals surface area contributed by atoms with Gasteiger partial charge >= 0.3 is 0 Å². The molecule has 1 aliphatic carbocycles. The van der Waals surface area contributed by atoms with Gasteiger partial charge in [-0.25, -0.2) is 9.97 Å². The van der Waals surface area contributed by atoms with Crippen molar-refractivity contribution in [3.05, 3.63) is 17.1 Å². The zero-order chi connectivity index (χ0) is 13.5. The Labute approximate surface area is 120 Å². The monoisotopic (exact) mass is 277 g/mol. The molecule has 0 bridgehead atoms. The summed E-state index contributed by atoms with van der Waals surface area (Å²) in [4.78, 5) is 9.66. The van der Waals surface area contributed by atoms with E-state index >= 15 is 0 Å². The van der Waals surface area contributed by atoms with Crippen molar-refractivity contribution in [3.63, 3.8) is 0 Å². The van der Waals surface area contributed by atoms with Crippen LogP contribution in [0.4, 0.5) is 5.82 Å². The van der Waals surface area contributed by atoms with Gasteiger partial charge in [0.2, 0.25) is 0 Å². The molecule has 0 aromatic carbocycles. The lowest BCUT2D eigenvalue weighted by Crippen LogP contribution is -2.22. The summed E-state index contributed by atoms with van der Waals surface area (Å²) in [6.07, 6.45) is 5.06. The molecule has 1 aromatic rings. The van der Waals surface area contributed by atoms with Crippen molar-refractivity contribution in [3.8, 4) is 0 Å². The van der Waals surface area contributed by atoms with E-state index in [1.165, 1.54) is 36.9 Å². The van der Waals surface area contributed by atoms with Crippen LogP contribution in [-0.4, -0.2) is 17.0 Å². The summed E-state index contributed by atoms with van der Waals surface area (Å²) in [6.45, 7) is 4.75. The smallest absolute Gasteiger partial charge is 0.134 e. The van der Waals surface area contributed by atoms with Crippen molar-refractivity contribution in [2.45, 2.75) is 57.0 Å². The molecule has 0 saturated heterocycles. The molecule has 3 nitrogen and oxygen atoms in total. The molecule has 104 valence electrons. The highest BCUT2D eigenvalue weighted by Crippen LogP contribution is 2.42. The van der Waals surface area contributed by atoms with Gasteiger partial charge in [-0.05, 0) is 31.1 Å². The second-order valence-corrected chi connectivity index (χ2v) is 7.52. The quantitative estimate of drug-likeness (QED) is 0.888. The number of hydrogen-bond donors (Lipinski definition) is 1. The normalized spacial score (nSPS) is 22.3. The molecule has 2 aliphatic rings. The molecule has 2 heterocycles. The molecule has 4 heteroatoms. The van der Waals surface area contributed by atoms with Crippen molar-refractivity contribution >= 4 is 17.6 Å². The van der Waals surface area contributed by atoms with Crippen LogP contribution >= 0.6 is 11.8 Å². The van der Waals surface area contributed by atoms with Crippen molar-refractivity contribution in [1.29, 1.82) is 0 Å². The van der Waals surface area contributed by atoms with Gasteiger partial charge in [-0.2, -0.15) is 11.8 Å². The number of thioether (sulfide) groups is 1. The zero-order valence-corrected chi connectivity index (χ0v) is 12.9. The number of aromatic nitrogens is 2. The van der Waals surface area contributed by atoms with Crippen LogP contribution in [0.5, 0.6) is 0 Å². The molecule has 1 fully saturated rings. The summed E-state index contributed by atoms with van der Waals surface area (Å²) in [7, 11) is 1.97. The predicted octanol–water partition coefficient (Wildman–Crippen LogP) is 3.95. The second-order valence-electron chi connectivity index (χ2n) is 6.54. The first-order chi connectivity index (χ1) is 9.09. The Bertz CT molecular complexity index is 475. The van der Waals surface area contributed by atoms with E-state index in [0.717, 1.165) is 23.1 Å². The zero-order valence-electron chi connectivity index (χ0n) is 12.1. The number of fused-ring (bicyclic) bond motifs is 1. The van der Waals surface area contributed by atoms with Gasteiger partial charge in [0.25, 0.3) is 0 Å². The van der Waals surface area contributed by atoms with E-state index in [4.69, 9.17) is 9.97 Å². The van der Waals surface area contributed by atoms with Crippen LogP contribution in [0, 0.1) is 5.41 Å². The maximum absolute atomic E-state index is 4.86. The van der Waals surface area contributed by atoms with E-state index in [2.05, 4.69) is 19.2 Å². The first-order valence-electron chi connectivity index (χ1n) is 7.24. The minimum Gasteiger partial charge on any atom is -0.373 e. The Balaban J connectivity index is 1.86. The van der Waals surface area contributed by atoms with Crippen molar-refractivity contribution in [1.82, 2.24) is 9.97 Å². The SMILES string of the molecule is CNc1nc(C2CCC(C)(C)CC2)nc2c1CSC2. The number of nitrogens with zero attached hydrogens (tertiary/aromatic N) is 2. The van der Waals surface area contributed by atoms with Gasteiger partial charge in [-0.15, -0.1) is 0 Å². The van der Waals surface area contributed by atoms with E-state index in [1.807, 2.05) is 18.8 Å². The molecule has 19 heavy (non-hydrogen) atoms. The van der Waals surface area contributed by atoms with Gasteiger partial charge in [0.15, 0.2) is 0 Å². The van der Waals surface area contributed by atoms with Gasteiger partial charge < -0.3 is 5.32 Å². The van der Waals surface area contributed by atoms with Crippen LogP contribution in [-0.2, 0) is 11.5 Å². The minimum atomic E-state index is 0.509. The van der Waals surface area contributed by atoms with Gasteiger partial charge in [-0.1, -0.05) is 13.8 Å². The van der Waals surface area contributed by atoms with Crippen LogP contribution in [0.15, 0.2) is 0 Å². The standard InChI is InChI=1S/C15H23N3S/c1-15(2)6-4-10(5-7-15)13-17-12-9-19-8-11(12)14(16-3)18-13/h10H,4-9H2,1-3H3,(H,16,17,18). The van der Waals surface area contributed by atoms with Gasteiger partial charge in [0.1, 0.15) is 11.6 Å². The summed E-state index contributed by atoms with van der Waals surface area (Å²) in [6, 6.07) is 0. The van der Waals surface area contributed by atoms with Crippen molar-refractivity contribution in [2.75, 3.05) is 12.4 Å². The van der Waals surface area contributed by atoms with E-state index in [9.17, 15) is 0 Å². The third-order valence-electron chi connectivity index (χ3n) is 4.54. The summed E-state index contributed by atoms with van der Waals surface area (Å²) < 4.78 is 0. The average molecular weight is 277 g/mol. The maximum Gasteiger partial charge on any atom is 0.134 e. The van der Waals surface area contributed by atoms with Gasteiger partial charge in [0, 0.05) is 30.0 Å². The average Bonchev–Trinajstić information content (AvgIpc) is 2.85. The lowest BCUT2D eigenvalue weighted by atomic mass is 9.73. The highest BCUT2D eigenvalue weighted by Gasteiger charge is 2.30. The van der Waals surface area contributed by atoms with E-state index < -0.39 is 0 Å². The van der Waals surface area contributed by atoms with Crippen molar-refractivity contribution in [2.24, 2.45) is 5.41 Å². The van der Waals surface area contributed by atoms with Crippen LogP contribution in [0.3, 0.4) is 0 Å². The number of nitrogens with one attached hydrogen (secondary N) is 1. The third kappa shape index (κ3) is 2.60. The summed E-state index contributed by atoms with van der Waals surface area (Å²) in [5.74, 6) is 4.83. The Kier molecular flexibility index (Phi) is 3.46. The number of hydrogen-bond acceptors (Lipinski definition) is 4. The first-order valence-corrected chi connectivity index (χ1v) is 8.40. The number of rotatable bonds is 2. The summed E-state index contributed by atoms with van der Waals surface area (Å²) >= 11 is 1.95. The Morgan fingerprint density at radius 1 is 1.16 bits per heavy atom. The molecular weight excluding hydrogens is 254 g/mol. The van der Waals surface area contributed by atoms with E-state index in [0.29, 0.717) is 11.3 Å². The minimum absolute atomic E-state index is 0.509. The van der Waals surface area contributed by atoms with Crippen LogP contribution in [0.2, 0.25) is 0 Å². The van der Waals surface area contributed by atoms with Crippen LogP contribution < -0.4 is 5.32 Å². The van der Waals surface area contributed by atoms with E-state index in [1.54, 1.807) is 0 Å². The Morgan fingerprint density at radius 3 is 2.58 bits per heavy atom. The molecule has 0 amide bonds. The molecular formula is C15H23N3S. The fourth-order valence-electron chi connectivity index (χ4n) is 3.12. The number of anilines is 1. The highest BCUT2D eigenvalue weighted by molar-refractivity contribution is 7.98. The molecule has 0 atom stereocenters. The predicted molar refractivity (Wildman–Crippen MR) is 81.6 cm³/mol. The van der Waals surface area contributed by atoms with Gasteiger partial charge in [-0.3, -0.25) is 0 Å².